The van der Waals surface area contributed by atoms with E-state index in [1.54, 1.807) is 0 Å². The molecule has 0 saturated carbocycles. The van der Waals surface area contributed by atoms with Gasteiger partial charge in [-0.05, 0) is 17.7 Å². The van der Waals surface area contributed by atoms with Crippen LogP contribution in [0.25, 0.3) is 0 Å². The van der Waals surface area contributed by atoms with Crippen LogP contribution in [-0.4, -0.2) is 28.0 Å². The van der Waals surface area contributed by atoms with Crippen molar-refractivity contribution in [3.8, 4) is 0 Å². The molecule has 1 aliphatic rings. The van der Waals surface area contributed by atoms with Crippen molar-refractivity contribution in [3.05, 3.63) is 75.3 Å². The Labute approximate surface area is 151 Å². The summed E-state index contributed by atoms with van der Waals surface area (Å²) in [5.41, 5.74) is -0.927. The minimum absolute atomic E-state index is 0.0151. The zero-order valence-electron chi connectivity index (χ0n) is 13.3. The van der Waals surface area contributed by atoms with E-state index >= 15 is 0 Å². The summed E-state index contributed by atoms with van der Waals surface area (Å²) in [5.74, 6) is -0.0435. The lowest BCUT2D eigenvalue weighted by Crippen LogP contribution is -2.31. The number of hydrogen-bond donors (Lipinski definition) is 0. The summed E-state index contributed by atoms with van der Waals surface area (Å²) < 4.78 is 39.9. The Morgan fingerprint density at radius 2 is 1.92 bits per heavy atom. The fourth-order valence-electron chi connectivity index (χ4n) is 2.82. The average Bonchev–Trinajstić information content (AvgIpc) is 3.10. The largest absolute Gasteiger partial charge is 0.416 e. The van der Waals surface area contributed by atoms with Crippen LogP contribution >= 0.6 is 11.8 Å². The van der Waals surface area contributed by atoms with E-state index in [0.29, 0.717) is 5.75 Å². The molecule has 0 radical (unpaired) electrons. The predicted molar refractivity (Wildman–Crippen MR) is 90.8 cm³/mol. The van der Waals surface area contributed by atoms with Crippen molar-refractivity contribution in [2.45, 2.75) is 11.6 Å². The number of halogens is 3. The Morgan fingerprint density at radius 1 is 1.19 bits per heavy atom. The monoisotopic (exact) mass is 382 g/mol. The first-order chi connectivity index (χ1) is 12.3. The van der Waals surface area contributed by atoms with Gasteiger partial charge in [-0.15, -0.1) is 11.8 Å². The summed E-state index contributed by atoms with van der Waals surface area (Å²) in [5, 5.41) is 10.1. The summed E-state index contributed by atoms with van der Waals surface area (Å²) in [6.45, 7) is 0.267. The van der Waals surface area contributed by atoms with Gasteiger partial charge in [-0.2, -0.15) is 13.2 Å². The lowest BCUT2D eigenvalue weighted by atomic mass is 10.1. The number of nitro benzene ring substituents is 1. The topological polar surface area (TPSA) is 63.4 Å². The quantitative estimate of drug-likeness (QED) is 0.579. The van der Waals surface area contributed by atoms with Gasteiger partial charge < -0.3 is 4.90 Å². The van der Waals surface area contributed by atoms with Gasteiger partial charge in [0.1, 0.15) is 5.37 Å². The molecule has 1 atom stereocenters. The number of rotatable bonds is 3. The maximum absolute atomic E-state index is 13.3. The molecule has 2 aromatic rings. The third kappa shape index (κ3) is 3.52. The minimum Gasteiger partial charge on any atom is -0.322 e. The number of carbonyl (C=O) groups excluding carboxylic acids is 1. The predicted octanol–water partition coefficient (Wildman–Crippen LogP) is 4.50. The van der Waals surface area contributed by atoms with E-state index in [2.05, 4.69) is 0 Å². The summed E-state index contributed by atoms with van der Waals surface area (Å²) in [4.78, 5) is 24.4. The summed E-state index contributed by atoms with van der Waals surface area (Å²) in [6.07, 6.45) is -4.53. The molecular weight excluding hydrogens is 369 g/mol. The van der Waals surface area contributed by atoms with E-state index in [1.807, 2.05) is 0 Å². The first kappa shape index (κ1) is 18.2. The maximum Gasteiger partial charge on any atom is 0.416 e. The first-order valence-corrected chi connectivity index (χ1v) is 8.67. The highest BCUT2D eigenvalue weighted by molar-refractivity contribution is 7.99. The lowest BCUT2D eigenvalue weighted by molar-refractivity contribution is -0.384. The van der Waals surface area contributed by atoms with Gasteiger partial charge in [0.25, 0.3) is 11.6 Å². The molecule has 1 heterocycles. The number of non-ortho nitro benzene ring substituents is 1. The van der Waals surface area contributed by atoms with Crippen molar-refractivity contribution in [1.82, 2.24) is 4.90 Å². The van der Waals surface area contributed by atoms with Crippen molar-refractivity contribution < 1.29 is 22.9 Å². The van der Waals surface area contributed by atoms with Crippen molar-refractivity contribution >= 4 is 23.4 Å². The molecule has 2 aromatic carbocycles. The highest BCUT2D eigenvalue weighted by atomic mass is 32.2. The maximum atomic E-state index is 13.3. The number of benzene rings is 2. The fraction of sp³-hybridized carbons (Fsp3) is 0.235. The molecule has 9 heteroatoms. The fourth-order valence-corrected chi connectivity index (χ4v) is 4.12. The number of nitro groups is 1. The SMILES string of the molecule is O=C(c1cccc([N+](=O)[O-])c1)N1CCSC1c1ccccc1C(F)(F)F. The van der Waals surface area contributed by atoms with Gasteiger partial charge in [-0.25, -0.2) is 0 Å². The molecule has 1 unspecified atom stereocenters. The Morgan fingerprint density at radius 3 is 2.62 bits per heavy atom. The normalized spacial score (nSPS) is 17.3. The molecule has 5 nitrogen and oxygen atoms in total. The van der Waals surface area contributed by atoms with Gasteiger partial charge in [0.15, 0.2) is 0 Å². The molecule has 1 saturated heterocycles. The molecule has 0 aliphatic carbocycles. The van der Waals surface area contributed by atoms with E-state index in [1.165, 1.54) is 53.1 Å². The second-order valence-corrected chi connectivity index (χ2v) is 6.80. The van der Waals surface area contributed by atoms with Crippen LogP contribution in [0.15, 0.2) is 48.5 Å². The molecule has 0 aromatic heterocycles. The molecule has 1 aliphatic heterocycles. The van der Waals surface area contributed by atoms with Gasteiger partial charge >= 0.3 is 6.18 Å². The Kier molecular flexibility index (Phi) is 4.90. The molecule has 1 amide bonds. The Balaban J connectivity index is 1.96. The van der Waals surface area contributed by atoms with E-state index in [-0.39, 0.29) is 23.4 Å². The molecule has 0 N–H and O–H groups in total. The zero-order chi connectivity index (χ0) is 18.9. The Hall–Kier alpha value is -2.55. The summed E-state index contributed by atoms with van der Waals surface area (Å²) in [6, 6.07) is 10.4. The van der Waals surface area contributed by atoms with Crippen LogP contribution in [0.5, 0.6) is 0 Å². The highest BCUT2D eigenvalue weighted by Crippen LogP contribution is 2.44. The van der Waals surface area contributed by atoms with Crippen molar-refractivity contribution in [3.63, 3.8) is 0 Å². The van der Waals surface area contributed by atoms with Crippen LogP contribution in [0.4, 0.5) is 18.9 Å². The summed E-state index contributed by atoms with van der Waals surface area (Å²) >= 11 is 1.24. The smallest absolute Gasteiger partial charge is 0.322 e. The highest BCUT2D eigenvalue weighted by Gasteiger charge is 2.39. The minimum atomic E-state index is -4.53. The molecule has 3 rings (SSSR count). The Bertz CT molecular complexity index is 857. The molecular formula is C17H13F3N2O3S. The van der Waals surface area contributed by atoms with E-state index in [0.717, 1.165) is 12.1 Å². The van der Waals surface area contributed by atoms with E-state index in [4.69, 9.17) is 0 Å². The van der Waals surface area contributed by atoms with Crippen LogP contribution in [0.1, 0.15) is 26.9 Å². The number of amides is 1. The van der Waals surface area contributed by atoms with Gasteiger partial charge in [-0.1, -0.05) is 24.3 Å². The molecule has 26 heavy (non-hydrogen) atoms. The number of carbonyl (C=O) groups is 1. The number of alkyl halides is 3. The van der Waals surface area contributed by atoms with Gasteiger partial charge in [0.2, 0.25) is 0 Å². The third-order valence-electron chi connectivity index (χ3n) is 3.99. The van der Waals surface area contributed by atoms with Crippen LogP contribution in [-0.2, 0) is 6.18 Å². The van der Waals surface area contributed by atoms with Crippen LogP contribution < -0.4 is 0 Å². The molecule has 0 bridgehead atoms. The first-order valence-electron chi connectivity index (χ1n) is 7.62. The zero-order valence-corrected chi connectivity index (χ0v) is 14.1. The molecule has 136 valence electrons. The van der Waals surface area contributed by atoms with Gasteiger partial charge in [-0.3, -0.25) is 14.9 Å². The van der Waals surface area contributed by atoms with E-state index < -0.39 is 27.9 Å². The second kappa shape index (κ2) is 6.99. The molecule has 1 fully saturated rings. The van der Waals surface area contributed by atoms with Crippen molar-refractivity contribution in [1.29, 1.82) is 0 Å². The lowest BCUT2D eigenvalue weighted by Gasteiger charge is -2.26. The van der Waals surface area contributed by atoms with Crippen molar-refractivity contribution in [2.24, 2.45) is 0 Å². The van der Waals surface area contributed by atoms with Crippen LogP contribution in [0.3, 0.4) is 0 Å². The van der Waals surface area contributed by atoms with E-state index in [9.17, 15) is 28.1 Å². The third-order valence-corrected chi connectivity index (χ3v) is 5.23. The van der Waals surface area contributed by atoms with Crippen molar-refractivity contribution in [2.75, 3.05) is 12.3 Å². The number of thioether (sulfide) groups is 1. The average molecular weight is 382 g/mol. The number of nitrogens with zero attached hydrogens (tertiary/aromatic N) is 2. The molecule has 0 spiro atoms. The van der Waals surface area contributed by atoms with Crippen LogP contribution in [0.2, 0.25) is 0 Å². The second-order valence-electron chi connectivity index (χ2n) is 5.61. The van der Waals surface area contributed by atoms with Gasteiger partial charge in [0.05, 0.1) is 10.5 Å². The summed E-state index contributed by atoms with van der Waals surface area (Å²) in [7, 11) is 0. The number of hydrogen-bond acceptors (Lipinski definition) is 4. The van der Waals surface area contributed by atoms with Crippen LogP contribution in [0, 0.1) is 10.1 Å². The van der Waals surface area contributed by atoms with Gasteiger partial charge in [0, 0.05) is 30.0 Å². The standard InChI is InChI=1S/C17H13F3N2O3S/c18-17(19,20)14-7-2-1-6-13(14)16-21(8-9-26-16)15(23)11-4-3-5-12(10-11)22(24)25/h1-7,10,16H,8-9H2.